The third-order valence-corrected chi connectivity index (χ3v) is 3.66. The summed E-state index contributed by atoms with van der Waals surface area (Å²) in [6.07, 6.45) is 1.61. The number of urea groups is 1. The van der Waals surface area contributed by atoms with Crippen LogP contribution in [0.25, 0.3) is 0 Å². The molecule has 1 heterocycles. The van der Waals surface area contributed by atoms with Gasteiger partial charge >= 0.3 is 12.0 Å². The molecule has 5 nitrogen and oxygen atoms in total. The first-order chi connectivity index (χ1) is 9.40. The molecule has 0 aromatic heterocycles. The van der Waals surface area contributed by atoms with Gasteiger partial charge in [0.1, 0.15) is 5.54 Å². The summed E-state index contributed by atoms with van der Waals surface area (Å²) in [7, 11) is 0. The number of amides is 2. The second kappa shape index (κ2) is 5.53. The highest BCUT2D eigenvalue weighted by Gasteiger charge is 2.31. The zero-order chi connectivity index (χ0) is 14.8. The lowest BCUT2D eigenvalue weighted by Crippen LogP contribution is -2.54. The molecule has 1 aromatic carbocycles. The van der Waals surface area contributed by atoms with Crippen molar-refractivity contribution in [3.8, 4) is 0 Å². The van der Waals surface area contributed by atoms with E-state index < -0.39 is 11.5 Å². The summed E-state index contributed by atoms with van der Waals surface area (Å²) in [5.74, 6) is -1.04. The number of benzene rings is 1. The fraction of sp³-hybridized carbons (Fsp3) is 0.467. The first kappa shape index (κ1) is 14.4. The van der Waals surface area contributed by atoms with Gasteiger partial charge in [-0.25, -0.2) is 9.59 Å². The van der Waals surface area contributed by atoms with Crippen LogP contribution in [0.15, 0.2) is 24.3 Å². The molecule has 0 atom stereocenters. The van der Waals surface area contributed by atoms with Gasteiger partial charge in [-0.3, -0.25) is 0 Å². The Hall–Kier alpha value is -2.04. The predicted octanol–water partition coefficient (Wildman–Crippen LogP) is 1.66. The SMILES string of the molecule is CC(C)(NC(=O)N1CCc2ccccc2CC1)C(=O)O. The van der Waals surface area contributed by atoms with E-state index in [0.29, 0.717) is 13.1 Å². The normalized spacial score (nSPS) is 15.2. The van der Waals surface area contributed by atoms with E-state index in [0.717, 1.165) is 12.8 Å². The Bertz CT molecular complexity index is 499. The van der Waals surface area contributed by atoms with Crippen molar-refractivity contribution in [2.75, 3.05) is 13.1 Å². The smallest absolute Gasteiger partial charge is 0.328 e. The summed E-state index contributed by atoms with van der Waals surface area (Å²) in [4.78, 5) is 24.9. The van der Waals surface area contributed by atoms with Gasteiger partial charge in [0.15, 0.2) is 0 Å². The number of aliphatic carboxylic acids is 1. The minimum absolute atomic E-state index is 0.315. The van der Waals surface area contributed by atoms with Gasteiger partial charge in [0.2, 0.25) is 0 Å². The van der Waals surface area contributed by atoms with E-state index in [9.17, 15) is 9.59 Å². The summed E-state index contributed by atoms with van der Waals surface area (Å²) in [5, 5.41) is 11.6. The van der Waals surface area contributed by atoms with E-state index in [4.69, 9.17) is 5.11 Å². The fourth-order valence-corrected chi connectivity index (χ4v) is 2.27. The molecule has 108 valence electrons. The van der Waals surface area contributed by atoms with Gasteiger partial charge in [0.25, 0.3) is 0 Å². The van der Waals surface area contributed by atoms with Crippen molar-refractivity contribution >= 4 is 12.0 Å². The molecular weight excluding hydrogens is 256 g/mol. The quantitative estimate of drug-likeness (QED) is 0.863. The molecule has 1 aliphatic heterocycles. The molecule has 0 radical (unpaired) electrons. The van der Waals surface area contributed by atoms with Gasteiger partial charge in [-0.1, -0.05) is 24.3 Å². The van der Waals surface area contributed by atoms with Crippen LogP contribution < -0.4 is 5.32 Å². The van der Waals surface area contributed by atoms with Crippen molar-refractivity contribution in [2.45, 2.75) is 32.2 Å². The van der Waals surface area contributed by atoms with E-state index in [1.807, 2.05) is 12.1 Å². The van der Waals surface area contributed by atoms with E-state index in [1.165, 1.54) is 25.0 Å². The molecule has 0 aliphatic carbocycles. The van der Waals surface area contributed by atoms with Crippen molar-refractivity contribution in [3.63, 3.8) is 0 Å². The molecule has 2 amide bonds. The van der Waals surface area contributed by atoms with Crippen LogP contribution in [0.5, 0.6) is 0 Å². The standard InChI is InChI=1S/C15H20N2O3/c1-15(2,13(18)19)16-14(20)17-9-7-11-5-3-4-6-12(11)8-10-17/h3-6H,7-10H2,1-2H3,(H,16,20)(H,18,19). The highest BCUT2D eigenvalue weighted by Crippen LogP contribution is 2.16. The first-order valence-electron chi connectivity index (χ1n) is 6.77. The van der Waals surface area contributed by atoms with Gasteiger partial charge in [0.05, 0.1) is 0 Å². The van der Waals surface area contributed by atoms with Crippen molar-refractivity contribution in [1.82, 2.24) is 10.2 Å². The Morgan fingerprint density at radius 3 is 2.10 bits per heavy atom. The van der Waals surface area contributed by atoms with E-state index in [1.54, 1.807) is 4.90 Å². The summed E-state index contributed by atoms with van der Waals surface area (Å²) >= 11 is 0. The lowest BCUT2D eigenvalue weighted by atomic mass is 10.0. The highest BCUT2D eigenvalue weighted by molar-refractivity contribution is 5.85. The van der Waals surface area contributed by atoms with Crippen LogP contribution >= 0.6 is 0 Å². The van der Waals surface area contributed by atoms with E-state index in [2.05, 4.69) is 17.4 Å². The summed E-state index contributed by atoms with van der Waals surface area (Å²) < 4.78 is 0. The number of carbonyl (C=O) groups excluding carboxylic acids is 1. The molecule has 2 N–H and O–H groups in total. The Morgan fingerprint density at radius 2 is 1.65 bits per heavy atom. The number of hydrogen-bond acceptors (Lipinski definition) is 2. The Labute approximate surface area is 118 Å². The predicted molar refractivity (Wildman–Crippen MR) is 75.7 cm³/mol. The van der Waals surface area contributed by atoms with Crippen molar-refractivity contribution in [3.05, 3.63) is 35.4 Å². The van der Waals surface area contributed by atoms with Crippen LogP contribution in [-0.4, -0.2) is 40.6 Å². The monoisotopic (exact) mass is 276 g/mol. The molecule has 0 saturated carbocycles. The average molecular weight is 276 g/mol. The van der Waals surface area contributed by atoms with Gasteiger partial charge in [-0.05, 0) is 37.8 Å². The molecule has 5 heteroatoms. The topological polar surface area (TPSA) is 69.6 Å². The second-order valence-electron chi connectivity index (χ2n) is 5.62. The zero-order valence-corrected chi connectivity index (χ0v) is 11.8. The van der Waals surface area contributed by atoms with Crippen molar-refractivity contribution in [1.29, 1.82) is 0 Å². The molecule has 20 heavy (non-hydrogen) atoms. The van der Waals surface area contributed by atoms with Crippen LogP contribution in [0, 0.1) is 0 Å². The van der Waals surface area contributed by atoms with Gasteiger partial charge in [-0.2, -0.15) is 0 Å². The van der Waals surface area contributed by atoms with Crippen molar-refractivity contribution < 1.29 is 14.7 Å². The number of fused-ring (bicyclic) bond motifs is 1. The first-order valence-corrected chi connectivity index (χ1v) is 6.77. The number of carboxylic acids is 1. The minimum atomic E-state index is -1.25. The number of nitrogens with zero attached hydrogens (tertiary/aromatic N) is 1. The van der Waals surface area contributed by atoms with Crippen LogP contribution in [-0.2, 0) is 17.6 Å². The maximum atomic E-state index is 12.2. The molecule has 0 saturated heterocycles. The van der Waals surface area contributed by atoms with Gasteiger partial charge in [-0.15, -0.1) is 0 Å². The minimum Gasteiger partial charge on any atom is -0.480 e. The summed E-state index contributed by atoms with van der Waals surface area (Å²) in [6, 6.07) is 7.85. The average Bonchev–Trinajstić information content (AvgIpc) is 2.60. The Balaban J connectivity index is 2.02. The molecule has 2 rings (SSSR count). The molecule has 0 spiro atoms. The van der Waals surface area contributed by atoms with Crippen molar-refractivity contribution in [2.24, 2.45) is 0 Å². The molecule has 1 aliphatic rings. The van der Waals surface area contributed by atoms with Crippen LogP contribution in [0.4, 0.5) is 4.79 Å². The number of nitrogens with one attached hydrogen (secondary N) is 1. The highest BCUT2D eigenvalue weighted by atomic mass is 16.4. The van der Waals surface area contributed by atoms with Crippen LogP contribution in [0.1, 0.15) is 25.0 Å². The Kier molecular flexibility index (Phi) is 3.97. The number of hydrogen-bond donors (Lipinski definition) is 2. The van der Waals surface area contributed by atoms with Crippen LogP contribution in [0.3, 0.4) is 0 Å². The number of rotatable bonds is 2. The maximum Gasteiger partial charge on any atom is 0.328 e. The van der Waals surface area contributed by atoms with E-state index >= 15 is 0 Å². The lowest BCUT2D eigenvalue weighted by molar-refractivity contribution is -0.143. The third kappa shape index (κ3) is 3.10. The maximum absolute atomic E-state index is 12.2. The molecule has 1 aromatic rings. The number of carboxylic acid groups (broad SMARTS) is 1. The van der Waals surface area contributed by atoms with Gasteiger partial charge < -0.3 is 15.3 Å². The Morgan fingerprint density at radius 1 is 1.15 bits per heavy atom. The largest absolute Gasteiger partial charge is 0.480 e. The molecule has 0 bridgehead atoms. The molecular formula is C15H20N2O3. The zero-order valence-electron chi connectivity index (χ0n) is 11.8. The fourth-order valence-electron chi connectivity index (χ4n) is 2.27. The summed E-state index contributed by atoms with van der Waals surface area (Å²) in [6.45, 7) is 4.19. The summed E-state index contributed by atoms with van der Waals surface area (Å²) in [5.41, 5.74) is 1.27. The molecule has 0 unspecified atom stereocenters. The lowest BCUT2D eigenvalue weighted by Gasteiger charge is -2.27. The van der Waals surface area contributed by atoms with Crippen LogP contribution in [0.2, 0.25) is 0 Å². The number of carbonyl (C=O) groups is 2. The van der Waals surface area contributed by atoms with Gasteiger partial charge in [0, 0.05) is 13.1 Å². The van der Waals surface area contributed by atoms with E-state index in [-0.39, 0.29) is 6.03 Å². The molecule has 0 fully saturated rings. The second-order valence-corrected chi connectivity index (χ2v) is 5.62. The third-order valence-electron chi connectivity index (χ3n) is 3.66.